The number of rotatable bonds is 22. The Kier molecular flexibility index (Phi) is 15.8. The molecule has 0 saturated heterocycles. The summed E-state index contributed by atoms with van der Waals surface area (Å²) in [6.07, 6.45) is 21.6. The summed E-state index contributed by atoms with van der Waals surface area (Å²) in [5.41, 5.74) is 0.632. The molecule has 0 aliphatic rings. The van der Waals surface area contributed by atoms with E-state index in [0.29, 0.717) is 11.9 Å². The summed E-state index contributed by atoms with van der Waals surface area (Å²) in [7, 11) is -0.439. The molecule has 0 spiro atoms. The van der Waals surface area contributed by atoms with Crippen LogP contribution in [0.1, 0.15) is 118 Å². The number of unbranched alkanes of at least 4 members (excludes halogenated alkanes) is 12. The highest BCUT2D eigenvalue weighted by molar-refractivity contribution is 7.93. The van der Waals surface area contributed by atoms with Gasteiger partial charge in [0.2, 0.25) is 0 Å². The fourth-order valence-electron chi connectivity index (χ4n) is 5.72. The van der Waals surface area contributed by atoms with Crippen molar-refractivity contribution in [2.45, 2.75) is 102 Å². The average molecular weight is 664 g/mol. The SMILES string of the molecule is CCCCCCCC/C=C\CCCCCCCCNC(=O)c1ccc(C(=O)O)c(NS(=O)(=O)c2cccc3c(N(C)C)cccc23)c1. The molecule has 256 valence electrons. The van der Waals surface area contributed by atoms with E-state index in [1.807, 2.05) is 31.1 Å². The second-order valence-corrected chi connectivity index (χ2v) is 14.0. The fraction of sp³-hybridized carbons (Fsp3) is 0.474. The van der Waals surface area contributed by atoms with Crippen molar-refractivity contribution < 1.29 is 23.1 Å². The number of fused-ring (bicyclic) bond motifs is 1. The molecular weight excluding hydrogens is 611 g/mol. The predicted molar refractivity (Wildman–Crippen MR) is 194 cm³/mol. The Morgan fingerprint density at radius 2 is 1.36 bits per heavy atom. The van der Waals surface area contributed by atoms with Crippen molar-refractivity contribution in [3.63, 3.8) is 0 Å². The molecule has 8 nitrogen and oxygen atoms in total. The van der Waals surface area contributed by atoms with E-state index in [-0.39, 0.29) is 27.6 Å². The number of aromatic carboxylic acids is 1. The number of carbonyl (C=O) groups is 2. The minimum atomic E-state index is -4.19. The molecule has 0 aliphatic carbocycles. The zero-order chi connectivity index (χ0) is 34.1. The fourth-order valence-corrected chi connectivity index (χ4v) is 7.02. The van der Waals surface area contributed by atoms with Crippen LogP contribution in [-0.2, 0) is 10.0 Å². The molecule has 1 amide bonds. The van der Waals surface area contributed by atoms with Gasteiger partial charge in [0.05, 0.1) is 16.1 Å². The van der Waals surface area contributed by atoms with Crippen LogP contribution >= 0.6 is 0 Å². The molecule has 0 unspecified atom stereocenters. The lowest BCUT2D eigenvalue weighted by Crippen LogP contribution is -2.25. The summed E-state index contributed by atoms with van der Waals surface area (Å²) >= 11 is 0. The summed E-state index contributed by atoms with van der Waals surface area (Å²) in [6.45, 7) is 2.74. The van der Waals surface area contributed by atoms with E-state index in [4.69, 9.17) is 0 Å². The van der Waals surface area contributed by atoms with E-state index in [1.54, 1.807) is 18.2 Å². The van der Waals surface area contributed by atoms with Crippen molar-refractivity contribution in [3.8, 4) is 0 Å². The summed E-state index contributed by atoms with van der Waals surface area (Å²) < 4.78 is 29.6. The number of nitrogens with one attached hydrogen (secondary N) is 2. The minimum Gasteiger partial charge on any atom is -0.478 e. The highest BCUT2D eigenvalue weighted by atomic mass is 32.2. The van der Waals surface area contributed by atoms with Gasteiger partial charge in [0.1, 0.15) is 0 Å². The van der Waals surface area contributed by atoms with Crippen LogP contribution in [0.4, 0.5) is 11.4 Å². The highest BCUT2D eigenvalue weighted by Crippen LogP contribution is 2.32. The van der Waals surface area contributed by atoms with Crippen LogP contribution in [-0.4, -0.2) is 46.0 Å². The van der Waals surface area contributed by atoms with Crippen molar-refractivity contribution in [3.05, 3.63) is 77.9 Å². The van der Waals surface area contributed by atoms with Crippen LogP contribution in [0.25, 0.3) is 10.8 Å². The van der Waals surface area contributed by atoms with Crippen LogP contribution in [0.15, 0.2) is 71.6 Å². The van der Waals surface area contributed by atoms with Gasteiger partial charge in [0.25, 0.3) is 15.9 Å². The number of nitrogens with zero attached hydrogens (tertiary/aromatic N) is 1. The molecule has 3 aromatic rings. The molecule has 9 heteroatoms. The monoisotopic (exact) mass is 663 g/mol. The van der Waals surface area contributed by atoms with Crippen molar-refractivity contribution in [1.82, 2.24) is 5.32 Å². The first-order valence-corrected chi connectivity index (χ1v) is 18.7. The number of carbonyl (C=O) groups excluding carboxylic acids is 1. The Hall–Kier alpha value is -3.85. The Balaban J connectivity index is 1.46. The van der Waals surface area contributed by atoms with E-state index in [2.05, 4.69) is 29.1 Å². The molecule has 3 rings (SSSR count). The molecule has 0 fully saturated rings. The molecule has 3 N–H and O–H groups in total. The maximum absolute atomic E-state index is 13.6. The lowest BCUT2D eigenvalue weighted by molar-refractivity contribution is 0.0697. The van der Waals surface area contributed by atoms with Crippen molar-refractivity contribution >= 4 is 44.0 Å². The zero-order valence-electron chi connectivity index (χ0n) is 28.4. The van der Waals surface area contributed by atoms with Gasteiger partial charge in [-0.15, -0.1) is 0 Å². The van der Waals surface area contributed by atoms with Gasteiger partial charge in [-0.1, -0.05) is 101 Å². The van der Waals surface area contributed by atoms with E-state index < -0.39 is 16.0 Å². The average Bonchev–Trinajstić information content (AvgIpc) is 3.05. The number of allylic oxidation sites excluding steroid dienone is 2. The third-order valence-electron chi connectivity index (χ3n) is 8.36. The van der Waals surface area contributed by atoms with Gasteiger partial charge in [0.15, 0.2) is 0 Å². The molecule has 0 heterocycles. The smallest absolute Gasteiger partial charge is 0.337 e. The van der Waals surface area contributed by atoms with Crippen LogP contribution in [0.2, 0.25) is 0 Å². The standard InChI is InChI=1S/C38H53N3O5S/c1-4-5-6-7-8-9-10-11-12-13-14-15-16-17-18-19-28-39-37(42)30-26-27-33(38(43)44)34(29-30)40-47(45,46)36-25-21-22-31-32(36)23-20-24-35(31)41(2)3/h11-12,20-27,29,40H,4-10,13-19,28H2,1-3H3,(H,39,42)(H,43,44)/b12-11-. The van der Waals surface area contributed by atoms with E-state index in [0.717, 1.165) is 36.8 Å². The number of anilines is 2. The first-order valence-electron chi connectivity index (χ1n) is 17.2. The topological polar surface area (TPSA) is 116 Å². The number of carboxylic acid groups (broad SMARTS) is 1. The van der Waals surface area contributed by atoms with Crippen LogP contribution < -0.4 is 14.9 Å². The largest absolute Gasteiger partial charge is 0.478 e. The highest BCUT2D eigenvalue weighted by Gasteiger charge is 2.23. The minimum absolute atomic E-state index is 0.0184. The van der Waals surface area contributed by atoms with Crippen LogP contribution in [0, 0.1) is 0 Å². The van der Waals surface area contributed by atoms with Gasteiger partial charge in [-0.2, -0.15) is 0 Å². The molecule has 0 aliphatic heterocycles. The zero-order valence-corrected chi connectivity index (χ0v) is 29.2. The van der Waals surface area contributed by atoms with E-state index in [1.165, 1.54) is 88.5 Å². The number of sulfonamides is 1. The molecule has 3 aromatic carbocycles. The van der Waals surface area contributed by atoms with Gasteiger partial charge in [-0.3, -0.25) is 9.52 Å². The first kappa shape index (κ1) is 37.6. The molecule has 0 aromatic heterocycles. The number of carboxylic acids is 1. The Labute approximate surface area is 281 Å². The molecule has 0 radical (unpaired) electrons. The Bertz CT molecular complexity index is 1580. The lowest BCUT2D eigenvalue weighted by atomic mass is 10.1. The molecule has 0 saturated carbocycles. The maximum atomic E-state index is 13.6. The normalized spacial score (nSPS) is 11.6. The van der Waals surface area contributed by atoms with E-state index in [9.17, 15) is 23.1 Å². The van der Waals surface area contributed by atoms with Crippen LogP contribution in [0.3, 0.4) is 0 Å². The summed E-state index contributed by atoms with van der Waals surface area (Å²) in [5, 5.41) is 13.9. The van der Waals surface area contributed by atoms with Crippen molar-refractivity contribution in [2.24, 2.45) is 0 Å². The van der Waals surface area contributed by atoms with Crippen molar-refractivity contribution in [2.75, 3.05) is 30.3 Å². The van der Waals surface area contributed by atoms with Crippen molar-refractivity contribution in [1.29, 1.82) is 0 Å². The molecule has 0 bridgehead atoms. The van der Waals surface area contributed by atoms with Gasteiger partial charge in [-0.05, 0) is 62.4 Å². The third kappa shape index (κ3) is 12.0. The number of amides is 1. The van der Waals surface area contributed by atoms with E-state index >= 15 is 0 Å². The second kappa shape index (κ2) is 19.7. The number of hydrogen-bond donors (Lipinski definition) is 3. The maximum Gasteiger partial charge on any atom is 0.337 e. The third-order valence-corrected chi connectivity index (χ3v) is 9.78. The molecular formula is C38H53N3O5S. The number of hydrogen-bond acceptors (Lipinski definition) is 5. The van der Waals surface area contributed by atoms with Crippen LogP contribution in [0.5, 0.6) is 0 Å². The van der Waals surface area contributed by atoms with Gasteiger partial charge < -0.3 is 15.3 Å². The number of benzene rings is 3. The Morgan fingerprint density at radius 3 is 2.00 bits per heavy atom. The quantitative estimate of drug-likeness (QED) is 0.0729. The van der Waals surface area contributed by atoms with Gasteiger partial charge >= 0.3 is 5.97 Å². The summed E-state index contributed by atoms with van der Waals surface area (Å²) in [6, 6.07) is 14.3. The Morgan fingerprint density at radius 1 is 0.766 bits per heavy atom. The predicted octanol–water partition coefficient (Wildman–Crippen LogP) is 9.17. The summed E-state index contributed by atoms with van der Waals surface area (Å²) in [5.74, 6) is -1.68. The van der Waals surface area contributed by atoms with Gasteiger partial charge in [-0.25, -0.2) is 13.2 Å². The second-order valence-electron chi connectivity index (χ2n) is 12.4. The molecule has 0 atom stereocenters. The first-order chi connectivity index (χ1) is 22.7. The van der Waals surface area contributed by atoms with Gasteiger partial charge in [0, 0.05) is 42.7 Å². The summed E-state index contributed by atoms with van der Waals surface area (Å²) in [4.78, 5) is 26.8. The lowest BCUT2D eigenvalue weighted by Gasteiger charge is -2.18. The molecule has 47 heavy (non-hydrogen) atoms.